The van der Waals surface area contributed by atoms with Gasteiger partial charge < -0.3 is 8.83 Å². The average Bonchev–Trinajstić information content (AvgIpc) is 3.94. The Labute approximate surface area is 367 Å². The Balaban J connectivity index is 0.779. The molecule has 14 aromatic rings. The zero-order valence-electron chi connectivity index (χ0n) is 34.6. The molecule has 0 aliphatic rings. The van der Waals surface area contributed by atoms with E-state index in [1.165, 1.54) is 87.2 Å². The van der Waals surface area contributed by atoms with Gasteiger partial charge in [-0.15, -0.1) is 0 Å². The molecule has 12 aromatic carbocycles. The van der Waals surface area contributed by atoms with Crippen LogP contribution in [0.15, 0.2) is 227 Å². The molecule has 2 heteroatoms. The smallest absolute Gasteiger partial charge is 0.178 e. The third-order valence-electron chi connectivity index (χ3n) is 13.7. The number of rotatable bonds is 4. The molecule has 0 saturated carbocycles. The fourth-order valence-electron chi connectivity index (χ4n) is 10.5. The van der Waals surface area contributed by atoms with Gasteiger partial charge in [-0.3, -0.25) is 0 Å². The molecule has 2 aromatic heterocycles. The number of furan rings is 2. The van der Waals surface area contributed by atoms with E-state index in [0.29, 0.717) is 0 Å². The molecule has 0 aliphatic heterocycles. The average molecular weight is 813 g/mol. The van der Waals surface area contributed by atoms with Gasteiger partial charge in [0.25, 0.3) is 0 Å². The topological polar surface area (TPSA) is 26.3 Å². The first kappa shape index (κ1) is 35.2. The molecule has 14 rings (SSSR count). The van der Waals surface area contributed by atoms with Gasteiger partial charge in [-0.05, 0) is 147 Å². The summed E-state index contributed by atoms with van der Waals surface area (Å²) in [6.07, 6.45) is 0. The van der Waals surface area contributed by atoms with Gasteiger partial charge >= 0.3 is 0 Å². The summed E-state index contributed by atoms with van der Waals surface area (Å²) >= 11 is 0. The lowest BCUT2D eigenvalue weighted by molar-refractivity contribution is 0.633. The van der Waals surface area contributed by atoms with Crippen molar-refractivity contribution in [1.82, 2.24) is 0 Å². The summed E-state index contributed by atoms with van der Waals surface area (Å²) in [5, 5.41) is 17.0. The lowest BCUT2D eigenvalue weighted by atomic mass is 9.91. The van der Waals surface area contributed by atoms with Gasteiger partial charge in [-0.25, -0.2) is 0 Å². The molecule has 0 unspecified atom stereocenters. The van der Waals surface area contributed by atoms with E-state index in [2.05, 4.69) is 218 Å². The molecule has 2 heterocycles. The zero-order valence-corrected chi connectivity index (χ0v) is 34.6. The molecule has 0 atom stereocenters. The Hall–Kier alpha value is -8.46. The normalized spacial score (nSPS) is 12.1. The summed E-state index contributed by atoms with van der Waals surface area (Å²) in [5.41, 5.74) is 12.7. The summed E-state index contributed by atoms with van der Waals surface area (Å²) < 4.78 is 13.2. The Bertz CT molecular complexity index is 4190. The molecule has 296 valence electrons. The van der Waals surface area contributed by atoms with E-state index >= 15 is 0 Å². The van der Waals surface area contributed by atoms with Crippen LogP contribution in [0.2, 0.25) is 0 Å². The van der Waals surface area contributed by atoms with Crippen LogP contribution in [0.4, 0.5) is 0 Å². The minimum atomic E-state index is 0.780. The maximum absolute atomic E-state index is 6.60. The number of fused-ring (bicyclic) bond motifs is 16. The van der Waals surface area contributed by atoms with Crippen LogP contribution in [-0.2, 0) is 0 Å². The fourth-order valence-corrected chi connectivity index (χ4v) is 10.5. The maximum atomic E-state index is 6.60. The second-order valence-corrected chi connectivity index (χ2v) is 17.1. The fraction of sp³-hybridized carbons (Fsp3) is 0. The lowest BCUT2D eigenvalue weighted by Gasteiger charge is -2.12. The second kappa shape index (κ2) is 13.5. The van der Waals surface area contributed by atoms with Crippen molar-refractivity contribution >= 4 is 97.7 Å². The summed E-state index contributed by atoms with van der Waals surface area (Å²) in [6.45, 7) is 0. The van der Waals surface area contributed by atoms with E-state index in [1.807, 2.05) is 0 Å². The van der Waals surface area contributed by atoms with Crippen LogP contribution in [0.3, 0.4) is 0 Å². The van der Waals surface area contributed by atoms with Crippen LogP contribution in [0.5, 0.6) is 0 Å². The molecular formula is C62H36O2. The van der Waals surface area contributed by atoms with Crippen molar-refractivity contribution in [1.29, 1.82) is 0 Å². The van der Waals surface area contributed by atoms with Gasteiger partial charge in [0.2, 0.25) is 0 Å². The Morgan fingerprint density at radius 3 is 1.09 bits per heavy atom. The first-order chi connectivity index (χ1) is 31.7. The van der Waals surface area contributed by atoms with Crippen LogP contribution < -0.4 is 0 Å². The third-order valence-corrected chi connectivity index (χ3v) is 13.7. The van der Waals surface area contributed by atoms with Crippen molar-refractivity contribution in [3.8, 4) is 44.5 Å². The van der Waals surface area contributed by atoms with E-state index in [-0.39, 0.29) is 0 Å². The van der Waals surface area contributed by atoms with E-state index in [0.717, 1.165) is 55.0 Å². The summed E-state index contributed by atoms with van der Waals surface area (Å²) in [7, 11) is 0. The summed E-state index contributed by atoms with van der Waals surface area (Å²) in [6, 6.07) is 79.4. The molecule has 0 fully saturated rings. The summed E-state index contributed by atoms with van der Waals surface area (Å²) in [4.78, 5) is 0. The molecule has 0 bridgehead atoms. The van der Waals surface area contributed by atoms with Crippen molar-refractivity contribution in [2.45, 2.75) is 0 Å². The zero-order chi connectivity index (χ0) is 41.9. The van der Waals surface area contributed by atoms with E-state index in [1.54, 1.807) is 0 Å². The first-order valence-corrected chi connectivity index (χ1v) is 22.0. The predicted octanol–water partition coefficient (Wildman–Crippen LogP) is 17.9. The number of hydrogen-bond donors (Lipinski definition) is 0. The second-order valence-electron chi connectivity index (χ2n) is 17.1. The SMILES string of the molecule is c1ccc2c(c1)cc(-c1ccc3oc4c(ccc5c6cc(-c7ccc(-c8ccc(-c9ccc%10c%11ccccc%11c%11ccccc%11c%10c9)cc8)cc7)ccc6oc54)c3c1)c1ccccc12. The van der Waals surface area contributed by atoms with Crippen molar-refractivity contribution in [3.63, 3.8) is 0 Å². The van der Waals surface area contributed by atoms with Gasteiger partial charge in [0.15, 0.2) is 11.2 Å². The van der Waals surface area contributed by atoms with Crippen molar-refractivity contribution < 1.29 is 8.83 Å². The highest BCUT2D eigenvalue weighted by Gasteiger charge is 2.18. The van der Waals surface area contributed by atoms with Crippen LogP contribution in [-0.4, -0.2) is 0 Å². The molecular weight excluding hydrogens is 777 g/mol. The molecule has 64 heavy (non-hydrogen) atoms. The van der Waals surface area contributed by atoms with Gasteiger partial charge in [-0.1, -0.05) is 170 Å². The number of benzene rings is 12. The highest BCUT2D eigenvalue weighted by molar-refractivity contribution is 6.26. The molecule has 0 saturated heterocycles. The predicted molar refractivity (Wildman–Crippen MR) is 270 cm³/mol. The maximum Gasteiger partial charge on any atom is 0.178 e. The van der Waals surface area contributed by atoms with E-state index in [9.17, 15) is 0 Å². The van der Waals surface area contributed by atoms with Crippen molar-refractivity contribution in [2.75, 3.05) is 0 Å². The molecule has 0 N–H and O–H groups in total. The highest BCUT2D eigenvalue weighted by atomic mass is 16.4. The Morgan fingerprint density at radius 2 is 0.547 bits per heavy atom. The summed E-state index contributed by atoms with van der Waals surface area (Å²) in [5.74, 6) is 0. The van der Waals surface area contributed by atoms with Gasteiger partial charge in [0.1, 0.15) is 11.2 Å². The van der Waals surface area contributed by atoms with E-state index in [4.69, 9.17) is 8.83 Å². The third kappa shape index (κ3) is 5.27. The van der Waals surface area contributed by atoms with Crippen LogP contribution in [0.25, 0.3) is 142 Å². The highest BCUT2D eigenvalue weighted by Crippen LogP contribution is 2.43. The molecule has 0 spiro atoms. The lowest BCUT2D eigenvalue weighted by Crippen LogP contribution is -1.85. The largest absolute Gasteiger partial charge is 0.452 e. The first-order valence-electron chi connectivity index (χ1n) is 22.0. The van der Waals surface area contributed by atoms with Crippen molar-refractivity contribution in [3.05, 3.63) is 218 Å². The van der Waals surface area contributed by atoms with Crippen LogP contribution in [0, 0.1) is 0 Å². The standard InChI is InChI=1S/C62H36O2/c1-2-10-45-43(9-1)35-55(50-15-7-3-11-46(45)50)44-27-32-60-58(36-44)54-30-29-53-57-34-42(26-31-59(57)63-61(53)62(54)64-60)40-23-19-38(20-24-40)37-17-21-39(22-18-37)41-25-28-52-49-14-5-4-12-47(49)48-13-6-8-16-51(48)56(52)33-41/h1-36H. The minimum Gasteiger partial charge on any atom is -0.452 e. The quantitative estimate of drug-likeness (QED) is 0.166. The molecule has 0 radical (unpaired) electrons. The number of hydrogen-bond acceptors (Lipinski definition) is 2. The Morgan fingerprint density at radius 1 is 0.203 bits per heavy atom. The van der Waals surface area contributed by atoms with Gasteiger partial charge in [-0.2, -0.15) is 0 Å². The Kier molecular flexibility index (Phi) is 7.43. The van der Waals surface area contributed by atoms with Crippen LogP contribution in [0.1, 0.15) is 0 Å². The van der Waals surface area contributed by atoms with Gasteiger partial charge in [0.05, 0.1) is 0 Å². The van der Waals surface area contributed by atoms with E-state index < -0.39 is 0 Å². The van der Waals surface area contributed by atoms with Crippen LogP contribution >= 0.6 is 0 Å². The molecule has 0 amide bonds. The van der Waals surface area contributed by atoms with Gasteiger partial charge in [0, 0.05) is 21.5 Å². The monoisotopic (exact) mass is 812 g/mol. The van der Waals surface area contributed by atoms with Crippen molar-refractivity contribution in [2.24, 2.45) is 0 Å². The minimum absolute atomic E-state index is 0.780. The molecule has 2 nitrogen and oxygen atoms in total. The molecule has 0 aliphatic carbocycles.